The summed E-state index contributed by atoms with van der Waals surface area (Å²) in [5.41, 5.74) is 0. The largest absolute Gasteiger partial charge is 0.392 e. The third kappa shape index (κ3) is 4.19. The Balaban J connectivity index is 1.92. The van der Waals surface area contributed by atoms with E-state index in [9.17, 15) is 9.90 Å². The van der Waals surface area contributed by atoms with Crippen LogP contribution in [-0.4, -0.2) is 58.6 Å². The number of carbonyl (C=O) groups excluding carboxylic acids is 1. The SMILES string of the molecule is CC(C)N(C(=O)CN1CCC[C@H](O)C1)C1CCCCC1. The molecule has 0 unspecified atom stereocenters. The highest BCUT2D eigenvalue weighted by molar-refractivity contribution is 5.79. The maximum atomic E-state index is 12.7. The van der Waals surface area contributed by atoms with Crippen LogP contribution < -0.4 is 0 Å². The molecule has 2 fully saturated rings. The van der Waals surface area contributed by atoms with Gasteiger partial charge in [0.05, 0.1) is 12.6 Å². The van der Waals surface area contributed by atoms with E-state index in [4.69, 9.17) is 0 Å². The van der Waals surface area contributed by atoms with Crippen molar-refractivity contribution in [1.82, 2.24) is 9.80 Å². The van der Waals surface area contributed by atoms with Crippen LogP contribution >= 0.6 is 0 Å². The summed E-state index contributed by atoms with van der Waals surface area (Å²) in [6.07, 6.45) is 7.76. The van der Waals surface area contributed by atoms with E-state index in [1.54, 1.807) is 0 Å². The first-order valence-electron chi connectivity index (χ1n) is 8.29. The molecule has 2 aliphatic rings. The molecule has 1 heterocycles. The van der Waals surface area contributed by atoms with Gasteiger partial charge in [0.15, 0.2) is 0 Å². The van der Waals surface area contributed by atoms with Crippen LogP contribution in [0.3, 0.4) is 0 Å². The average molecular weight is 282 g/mol. The third-order valence-corrected chi connectivity index (χ3v) is 4.65. The highest BCUT2D eigenvalue weighted by Crippen LogP contribution is 2.24. The van der Waals surface area contributed by atoms with Crippen molar-refractivity contribution in [3.8, 4) is 0 Å². The quantitative estimate of drug-likeness (QED) is 0.858. The van der Waals surface area contributed by atoms with E-state index in [2.05, 4.69) is 23.6 Å². The predicted octanol–water partition coefficient (Wildman–Crippen LogP) is 2.01. The highest BCUT2D eigenvalue weighted by atomic mass is 16.3. The number of likely N-dealkylation sites (tertiary alicyclic amines) is 1. The van der Waals surface area contributed by atoms with Crippen LogP contribution in [0, 0.1) is 0 Å². The minimum atomic E-state index is -0.251. The van der Waals surface area contributed by atoms with Gasteiger partial charge in [-0.1, -0.05) is 19.3 Å². The van der Waals surface area contributed by atoms with Gasteiger partial charge in [-0.05, 0) is 46.1 Å². The zero-order valence-corrected chi connectivity index (χ0v) is 13.1. The standard InChI is InChI=1S/C16H30N2O2/c1-13(2)18(14-7-4-3-5-8-14)16(20)12-17-10-6-9-15(19)11-17/h13-15,19H,3-12H2,1-2H3/t15-/m0/s1. The van der Waals surface area contributed by atoms with Gasteiger partial charge in [-0.15, -0.1) is 0 Å². The fourth-order valence-corrected chi connectivity index (χ4v) is 3.72. The van der Waals surface area contributed by atoms with Gasteiger partial charge in [0.25, 0.3) is 0 Å². The number of aliphatic hydroxyl groups excluding tert-OH is 1. The van der Waals surface area contributed by atoms with Crippen molar-refractivity contribution in [3.63, 3.8) is 0 Å². The van der Waals surface area contributed by atoms with Gasteiger partial charge in [-0.2, -0.15) is 0 Å². The Morgan fingerprint density at radius 3 is 2.50 bits per heavy atom. The Morgan fingerprint density at radius 1 is 1.20 bits per heavy atom. The number of amides is 1. The summed E-state index contributed by atoms with van der Waals surface area (Å²) in [6.45, 7) is 6.32. The summed E-state index contributed by atoms with van der Waals surface area (Å²) >= 11 is 0. The molecule has 0 radical (unpaired) electrons. The number of β-amino-alcohol motifs (C(OH)–C–C–N with tert-alkyl or cyclic N) is 1. The van der Waals surface area contributed by atoms with E-state index in [1.165, 1.54) is 19.3 Å². The first-order chi connectivity index (χ1) is 9.58. The van der Waals surface area contributed by atoms with Crippen LogP contribution in [0.25, 0.3) is 0 Å². The van der Waals surface area contributed by atoms with Crippen molar-refractivity contribution >= 4 is 5.91 Å². The second-order valence-corrected chi connectivity index (χ2v) is 6.72. The molecule has 4 nitrogen and oxygen atoms in total. The van der Waals surface area contributed by atoms with Crippen LogP contribution in [0.2, 0.25) is 0 Å². The smallest absolute Gasteiger partial charge is 0.237 e. The average Bonchev–Trinajstić information content (AvgIpc) is 2.39. The Kier molecular flexibility index (Phi) is 5.85. The maximum Gasteiger partial charge on any atom is 0.237 e. The van der Waals surface area contributed by atoms with Crippen molar-refractivity contribution in [1.29, 1.82) is 0 Å². The number of piperidine rings is 1. The molecule has 20 heavy (non-hydrogen) atoms. The number of rotatable bonds is 4. The summed E-state index contributed by atoms with van der Waals surface area (Å²) in [4.78, 5) is 16.9. The zero-order valence-electron chi connectivity index (χ0n) is 13.1. The molecule has 116 valence electrons. The van der Waals surface area contributed by atoms with Gasteiger partial charge in [-0.3, -0.25) is 9.69 Å². The van der Waals surface area contributed by atoms with Gasteiger partial charge in [-0.25, -0.2) is 0 Å². The number of hydrogen-bond donors (Lipinski definition) is 1. The van der Waals surface area contributed by atoms with Crippen LogP contribution in [-0.2, 0) is 4.79 Å². The molecule has 0 bridgehead atoms. The molecule has 1 aliphatic heterocycles. The van der Waals surface area contributed by atoms with Gasteiger partial charge in [0, 0.05) is 18.6 Å². The van der Waals surface area contributed by atoms with Gasteiger partial charge in [0.2, 0.25) is 5.91 Å². The lowest BCUT2D eigenvalue weighted by molar-refractivity contribution is -0.138. The first-order valence-corrected chi connectivity index (χ1v) is 8.29. The first kappa shape index (κ1) is 15.8. The van der Waals surface area contributed by atoms with E-state index in [1.807, 2.05) is 0 Å². The van der Waals surface area contributed by atoms with Gasteiger partial charge < -0.3 is 10.0 Å². The van der Waals surface area contributed by atoms with Crippen molar-refractivity contribution in [2.45, 2.75) is 77.0 Å². The third-order valence-electron chi connectivity index (χ3n) is 4.65. The predicted molar refractivity (Wildman–Crippen MR) is 80.5 cm³/mol. The molecule has 0 spiro atoms. The second-order valence-electron chi connectivity index (χ2n) is 6.72. The normalized spacial score (nSPS) is 25.9. The minimum absolute atomic E-state index is 0.251. The lowest BCUT2D eigenvalue weighted by Gasteiger charge is -2.39. The van der Waals surface area contributed by atoms with Gasteiger partial charge in [0.1, 0.15) is 0 Å². The molecule has 0 aromatic rings. The molecular weight excluding hydrogens is 252 g/mol. The zero-order chi connectivity index (χ0) is 14.5. The summed E-state index contributed by atoms with van der Waals surface area (Å²) in [7, 11) is 0. The monoisotopic (exact) mass is 282 g/mol. The number of aliphatic hydroxyl groups is 1. The fourth-order valence-electron chi connectivity index (χ4n) is 3.72. The number of nitrogens with zero attached hydrogens (tertiary/aromatic N) is 2. The molecule has 0 aromatic heterocycles. The summed E-state index contributed by atoms with van der Waals surface area (Å²) in [5.74, 6) is 0.251. The molecular formula is C16H30N2O2. The van der Waals surface area contributed by atoms with Crippen molar-refractivity contribution in [3.05, 3.63) is 0 Å². The molecule has 4 heteroatoms. The van der Waals surface area contributed by atoms with Crippen molar-refractivity contribution < 1.29 is 9.90 Å². The van der Waals surface area contributed by atoms with E-state index >= 15 is 0 Å². The molecule has 2 rings (SSSR count). The van der Waals surface area contributed by atoms with Crippen LogP contribution in [0.4, 0.5) is 0 Å². The molecule has 1 N–H and O–H groups in total. The number of carbonyl (C=O) groups is 1. The van der Waals surface area contributed by atoms with Crippen molar-refractivity contribution in [2.75, 3.05) is 19.6 Å². The fraction of sp³-hybridized carbons (Fsp3) is 0.938. The summed E-state index contributed by atoms with van der Waals surface area (Å²) in [5, 5.41) is 9.72. The Bertz CT molecular complexity index is 314. The molecule has 0 aromatic carbocycles. The second kappa shape index (κ2) is 7.41. The van der Waals surface area contributed by atoms with Crippen LogP contribution in [0.5, 0.6) is 0 Å². The van der Waals surface area contributed by atoms with E-state index in [-0.39, 0.29) is 18.1 Å². The highest BCUT2D eigenvalue weighted by Gasteiger charge is 2.29. The molecule has 1 amide bonds. The molecule has 1 saturated heterocycles. The molecule has 1 atom stereocenters. The summed E-state index contributed by atoms with van der Waals surface area (Å²) in [6, 6.07) is 0.714. The van der Waals surface area contributed by atoms with E-state index < -0.39 is 0 Å². The molecule has 1 saturated carbocycles. The summed E-state index contributed by atoms with van der Waals surface area (Å²) < 4.78 is 0. The van der Waals surface area contributed by atoms with Crippen LogP contribution in [0.1, 0.15) is 58.8 Å². The van der Waals surface area contributed by atoms with E-state index in [0.717, 1.165) is 32.2 Å². The number of hydrogen-bond acceptors (Lipinski definition) is 3. The molecule has 1 aliphatic carbocycles. The lowest BCUT2D eigenvalue weighted by atomic mass is 9.93. The van der Waals surface area contributed by atoms with Crippen LogP contribution in [0.15, 0.2) is 0 Å². The Hall–Kier alpha value is -0.610. The minimum Gasteiger partial charge on any atom is -0.392 e. The lowest BCUT2D eigenvalue weighted by Crippen LogP contribution is -2.51. The Morgan fingerprint density at radius 2 is 1.90 bits per heavy atom. The topological polar surface area (TPSA) is 43.8 Å². The maximum absolute atomic E-state index is 12.7. The van der Waals surface area contributed by atoms with Crippen molar-refractivity contribution in [2.24, 2.45) is 0 Å². The van der Waals surface area contributed by atoms with E-state index in [0.29, 0.717) is 19.1 Å². The Labute approximate surface area is 123 Å². The van der Waals surface area contributed by atoms with Gasteiger partial charge >= 0.3 is 0 Å².